The standard InChI is InChI=1S/C12H16O/c13-9-12(11-6-7-11)8-10-4-2-1-3-5-10/h1-5,11-13H,6-9H2. The number of benzene rings is 1. The molecule has 1 aliphatic carbocycles. The molecule has 0 spiro atoms. The summed E-state index contributed by atoms with van der Waals surface area (Å²) in [5, 5.41) is 9.20. The van der Waals surface area contributed by atoms with Crippen LogP contribution >= 0.6 is 0 Å². The Balaban J connectivity index is 1.95. The molecule has 0 amide bonds. The first-order valence-corrected chi connectivity index (χ1v) is 5.05. The van der Waals surface area contributed by atoms with Gasteiger partial charge in [-0.25, -0.2) is 0 Å². The third-order valence-corrected chi connectivity index (χ3v) is 2.86. The molecular weight excluding hydrogens is 160 g/mol. The Hall–Kier alpha value is -0.820. The van der Waals surface area contributed by atoms with Gasteiger partial charge in [-0.2, -0.15) is 0 Å². The average Bonchev–Trinajstić information content (AvgIpc) is 2.99. The molecule has 1 N–H and O–H groups in total. The van der Waals surface area contributed by atoms with Gasteiger partial charge in [-0.3, -0.25) is 0 Å². The molecule has 1 nitrogen and oxygen atoms in total. The van der Waals surface area contributed by atoms with Gasteiger partial charge in [0.2, 0.25) is 0 Å². The van der Waals surface area contributed by atoms with Crippen molar-refractivity contribution in [1.29, 1.82) is 0 Å². The third kappa shape index (κ3) is 2.31. The Labute approximate surface area is 79.4 Å². The molecule has 1 aliphatic rings. The topological polar surface area (TPSA) is 20.2 Å². The van der Waals surface area contributed by atoms with Crippen LogP contribution in [0.3, 0.4) is 0 Å². The quantitative estimate of drug-likeness (QED) is 0.746. The number of hydrogen-bond donors (Lipinski definition) is 1. The van der Waals surface area contributed by atoms with Gasteiger partial charge in [0.1, 0.15) is 0 Å². The lowest BCUT2D eigenvalue weighted by atomic mass is 9.96. The number of aliphatic hydroxyl groups excluding tert-OH is 1. The Morgan fingerprint density at radius 2 is 1.92 bits per heavy atom. The van der Waals surface area contributed by atoms with Gasteiger partial charge >= 0.3 is 0 Å². The zero-order valence-corrected chi connectivity index (χ0v) is 7.82. The van der Waals surface area contributed by atoms with Crippen molar-refractivity contribution in [3.63, 3.8) is 0 Å². The van der Waals surface area contributed by atoms with Crippen LogP contribution in [0.4, 0.5) is 0 Å². The first-order valence-electron chi connectivity index (χ1n) is 5.05. The molecule has 70 valence electrons. The first kappa shape index (κ1) is 8.76. The highest BCUT2D eigenvalue weighted by molar-refractivity contribution is 5.15. The van der Waals surface area contributed by atoms with Gasteiger partial charge in [-0.05, 0) is 36.7 Å². The van der Waals surface area contributed by atoms with Crippen molar-refractivity contribution in [2.24, 2.45) is 11.8 Å². The molecule has 1 fully saturated rings. The molecular formula is C12H16O. The van der Waals surface area contributed by atoms with Crippen molar-refractivity contribution in [1.82, 2.24) is 0 Å². The Kier molecular flexibility index (Phi) is 2.65. The summed E-state index contributed by atoms with van der Waals surface area (Å²) in [6.45, 7) is 0.347. The molecule has 2 rings (SSSR count). The van der Waals surface area contributed by atoms with Crippen molar-refractivity contribution in [3.8, 4) is 0 Å². The van der Waals surface area contributed by atoms with Crippen molar-refractivity contribution in [2.75, 3.05) is 6.61 Å². The minimum absolute atomic E-state index is 0.347. The number of aliphatic hydroxyl groups is 1. The fourth-order valence-corrected chi connectivity index (χ4v) is 1.86. The van der Waals surface area contributed by atoms with Crippen LogP contribution in [-0.4, -0.2) is 11.7 Å². The summed E-state index contributed by atoms with van der Waals surface area (Å²) in [5.41, 5.74) is 1.36. The van der Waals surface area contributed by atoms with Crippen molar-refractivity contribution < 1.29 is 5.11 Å². The molecule has 1 saturated carbocycles. The van der Waals surface area contributed by atoms with Crippen molar-refractivity contribution >= 4 is 0 Å². The lowest BCUT2D eigenvalue weighted by molar-refractivity contribution is 0.209. The van der Waals surface area contributed by atoms with E-state index in [0.717, 1.165) is 12.3 Å². The van der Waals surface area contributed by atoms with Crippen LogP contribution in [0, 0.1) is 11.8 Å². The molecule has 0 heterocycles. The van der Waals surface area contributed by atoms with Gasteiger partial charge in [-0.15, -0.1) is 0 Å². The summed E-state index contributed by atoms with van der Waals surface area (Å²) in [5.74, 6) is 1.30. The predicted octanol–water partition coefficient (Wildman–Crippen LogP) is 2.25. The summed E-state index contributed by atoms with van der Waals surface area (Å²) in [7, 11) is 0. The molecule has 1 unspecified atom stereocenters. The molecule has 0 radical (unpaired) electrons. The maximum absolute atomic E-state index is 9.20. The average molecular weight is 176 g/mol. The van der Waals surface area contributed by atoms with Gasteiger partial charge in [-0.1, -0.05) is 30.3 Å². The fraction of sp³-hybridized carbons (Fsp3) is 0.500. The summed E-state index contributed by atoms with van der Waals surface area (Å²) in [4.78, 5) is 0. The predicted molar refractivity (Wildman–Crippen MR) is 53.4 cm³/mol. The molecule has 1 aromatic carbocycles. The highest BCUT2D eigenvalue weighted by atomic mass is 16.3. The Morgan fingerprint density at radius 3 is 2.46 bits per heavy atom. The molecule has 1 aromatic rings. The lowest BCUT2D eigenvalue weighted by Gasteiger charge is -2.12. The summed E-state index contributed by atoms with van der Waals surface area (Å²) < 4.78 is 0. The highest BCUT2D eigenvalue weighted by Crippen LogP contribution is 2.38. The minimum Gasteiger partial charge on any atom is -0.396 e. The number of rotatable bonds is 4. The zero-order valence-electron chi connectivity index (χ0n) is 7.82. The highest BCUT2D eigenvalue weighted by Gasteiger charge is 2.30. The maximum Gasteiger partial charge on any atom is 0.0465 e. The van der Waals surface area contributed by atoms with Crippen LogP contribution in [0.2, 0.25) is 0 Å². The van der Waals surface area contributed by atoms with E-state index >= 15 is 0 Å². The minimum atomic E-state index is 0.347. The van der Waals surface area contributed by atoms with Gasteiger partial charge in [0.25, 0.3) is 0 Å². The van der Waals surface area contributed by atoms with Crippen LogP contribution in [0.15, 0.2) is 30.3 Å². The molecule has 1 atom stereocenters. The van der Waals surface area contributed by atoms with E-state index in [1.165, 1.54) is 18.4 Å². The van der Waals surface area contributed by atoms with Crippen LogP contribution < -0.4 is 0 Å². The molecule has 0 saturated heterocycles. The van der Waals surface area contributed by atoms with Gasteiger partial charge in [0.05, 0.1) is 0 Å². The summed E-state index contributed by atoms with van der Waals surface area (Å²) >= 11 is 0. The normalized spacial score (nSPS) is 18.5. The lowest BCUT2D eigenvalue weighted by Crippen LogP contribution is -2.11. The van der Waals surface area contributed by atoms with E-state index in [2.05, 4.69) is 24.3 Å². The molecule has 0 aromatic heterocycles. The van der Waals surface area contributed by atoms with Crippen LogP contribution in [-0.2, 0) is 6.42 Å². The van der Waals surface area contributed by atoms with Crippen molar-refractivity contribution in [2.45, 2.75) is 19.3 Å². The molecule has 13 heavy (non-hydrogen) atoms. The van der Waals surface area contributed by atoms with E-state index in [1.54, 1.807) is 0 Å². The second-order valence-corrected chi connectivity index (χ2v) is 3.97. The smallest absolute Gasteiger partial charge is 0.0465 e. The monoisotopic (exact) mass is 176 g/mol. The van der Waals surface area contributed by atoms with E-state index in [1.807, 2.05) is 6.07 Å². The molecule has 0 bridgehead atoms. The fourth-order valence-electron chi connectivity index (χ4n) is 1.86. The van der Waals surface area contributed by atoms with Crippen LogP contribution in [0.5, 0.6) is 0 Å². The van der Waals surface area contributed by atoms with E-state index in [9.17, 15) is 5.11 Å². The van der Waals surface area contributed by atoms with Gasteiger partial charge in [0.15, 0.2) is 0 Å². The van der Waals surface area contributed by atoms with Crippen LogP contribution in [0.25, 0.3) is 0 Å². The second kappa shape index (κ2) is 3.93. The second-order valence-electron chi connectivity index (χ2n) is 3.97. The van der Waals surface area contributed by atoms with E-state index < -0.39 is 0 Å². The summed E-state index contributed by atoms with van der Waals surface area (Å²) in [6.07, 6.45) is 3.68. The zero-order chi connectivity index (χ0) is 9.10. The maximum atomic E-state index is 9.20. The SMILES string of the molecule is OCC(Cc1ccccc1)C1CC1. The van der Waals surface area contributed by atoms with E-state index in [-0.39, 0.29) is 0 Å². The molecule has 0 aliphatic heterocycles. The first-order chi connectivity index (χ1) is 6.40. The largest absolute Gasteiger partial charge is 0.396 e. The van der Waals surface area contributed by atoms with Crippen LogP contribution in [0.1, 0.15) is 18.4 Å². The Bertz CT molecular complexity index is 251. The van der Waals surface area contributed by atoms with Gasteiger partial charge < -0.3 is 5.11 Å². The Morgan fingerprint density at radius 1 is 1.23 bits per heavy atom. The van der Waals surface area contributed by atoms with Crippen molar-refractivity contribution in [3.05, 3.63) is 35.9 Å². The van der Waals surface area contributed by atoms with E-state index in [0.29, 0.717) is 12.5 Å². The number of hydrogen-bond acceptors (Lipinski definition) is 1. The van der Waals surface area contributed by atoms with Gasteiger partial charge in [0, 0.05) is 6.61 Å². The molecule has 1 heteroatoms. The third-order valence-electron chi connectivity index (χ3n) is 2.86. The summed E-state index contributed by atoms with van der Waals surface area (Å²) in [6, 6.07) is 10.5. The van der Waals surface area contributed by atoms with E-state index in [4.69, 9.17) is 0 Å².